The van der Waals surface area contributed by atoms with Crippen molar-refractivity contribution >= 4 is 38.7 Å². The molecule has 2 aromatic carbocycles. The van der Waals surface area contributed by atoms with E-state index in [1.54, 1.807) is 36.5 Å². The molecule has 31 heavy (non-hydrogen) atoms. The third-order valence-electron chi connectivity index (χ3n) is 4.32. The molecule has 0 unspecified atom stereocenters. The minimum atomic E-state index is -3.87. The number of thiazole rings is 1. The van der Waals surface area contributed by atoms with E-state index in [0.29, 0.717) is 12.1 Å². The summed E-state index contributed by atoms with van der Waals surface area (Å²) in [5.74, 6) is -0.276. The molecule has 3 rings (SSSR count). The highest BCUT2D eigenvalue weighted by Gasteiger charge is 2.17. The smallest absolute Gasteiger partial charge is 0.241 e. The molecule has 0 bridgehead atoms. The van der Waals surface area contributed by atoms with Gasteiger partial charge in [-0.3, -0.25) is 9.89 Å². The maximum atomic E-state index is 14.3. The average molecular weight is 466 g/mol. The lowest BCUT2D eigenvalue weighted by molar-refractivity contribution is 0.524. The zero-order chi connectivity index (χ0) is 22.4. The molecule has 0 saturated carbocycles. The predicted octanol–water partition coefficient (Wildman–Crippen LogP) is 3.42. The summed E-state index contributed by atoms with van der Waals surface area (Å²) >= 11 is 1.41. The van der Waals surface area contributed by atoms with Gasteiger partial charge in [0, 0.05) is 31.9 Å². The Labute approximate surface area is 183 Å². The number of rotatable bonds is 8. The zero-order valence-electron chi connectivity index (χ0n) is 16.6. The van der Waals surface area contributed by atoms with Gasteiger partial charge in [-0.25, -0.2) is 26.9 Å². The van der Waals surface area contributed by atoms with Gasteiger partial charge in [0.2, 0.25) is 16.0 Å². The molecule has 1 aromatic heterocycles. The lowest BCUT2D eigenvalue weighted by Gasteiger charge is -2.24. The first-order valence-electron chi connectivity index (χ1n) is 9.20. The van der Waals surface area contributed by atoms with E-state index in [-0.39, 0.29) is 18.2 Å². The van der Waals surface area contributed by atoms with Crippen molar-refractivity contribution in [2.75, 3.05) is 24.5 Å². The number of hydrogen-bond donors (Lipinski definition) is 2. The monoisotopic (exact) mass is 465 g/mol. The third-order valence-corrected chi connectivity index (χ3v) is 6.36. The second-order valence-electron chi connectivity index (χ2n) is 6.40. The quantitative estimate of drug-likeness (QED) is 0.392. The first-order chi connectivity index (χ1) is 14.8. The summed E-state index contributed by atoms with van der Waals surface area (Å²) in [7, 11) is -2.34. The van der Waals surface area contributed by atoms with Crippen LogP contribution in [-0.2, 0) is 16.4 Å². The van der Waals surface area contributed by atoms with Crippen LogP contribution in [0, 0.1) is 5.82 Å². The predicted molar refractivity (Wildman–Crippen MR) is 120 cm³/mol. The number of halogens is 2. The van der Waals surface area contributed by atoms with Crippen molar-refractivity contribution in [3.63, 3.8) is 0 Å². The Hall–Kier alpha value is -2.89. The minimum absolute atomic E-state index is 0.0748. The Morgan fingerprint density at radius 3 is 2.58 bits per heavy atom. The zero-order valence-corrected chi connectivity index (χ0v) is 18.3. The van der Waals surface area contributed by atoms with Gasteiger partial charge in [0.05, 0.1) is 15.6 Å². The van der Waals surface area contributed by atoms with E-state index >= 15 is 0 Å². The molecule has 11 heteroatoms. The molecule has 0 radical (unpaired) electrons. The fourth-order valence-corrected chi connectivity index (χ4v) is 4.23. The molecular weight excluding hydrogens is 444 g/mol. The fourth-order valence-electron chi connectivity index (χ4n) is 2.81. The van der Waals surface area contributed by atoms with Crippen molar-refractivity contribution in [2.24, 2.45) is 10.7 Å². The minimum Gasteiger partial charge on any atom is -0.369 e. The van der Waals surface area contributed by atoms with E-state index in [2.05, 4.69) is 14.7 Å². The van der Waals surface area contributed by atoms with Crippen LogP contribution in [0.1, 0.15) is 5.01 Å². The van der Waals surface area contributed by atoms with Gasteiger partial charge < -0.3 is 5.73 Å². The number of nitrogens with one attached hydrogen (secondary N) is 1. The summed E-state index contributed by atoms with van der Waals surface area (Å²) < 4.78 is 51.1. The van der Waals surface area contributed by atoms with Crippen molar-refractivity contribution in [3.05, 3.63) is 65.6 Å². The number of anilines is 2. The number of benzene rings is 2. The number of nitrogens with zero attached hydrogens (tertiary/aromatic N) is 3. The van der Waals surface area contributed by atoms with Crippen LogP contribution in [0.5, 0.6) is 0 Å². The molecule has 0 spiro atoms. The van der Waals surface area contributed by atoms with E-state index in [9.17, 15) is 17.2 Å². The number of aliphatic imine (C=N–C) groups is 1. The Morgan fingerprint density at radius 1 is 1.23 bits per heavy atom. The lowest BCUT2D eigenvalue weighted by Crippen LogP contribution is -2.33. The molecule has 0 atom stereocenters. The van der Waals surface area contributed by atoms with Crippen LogP contribution in [0.25, 0.3) is 10.4 Å². The molecule has 1 heterocycles. The summed E-state index contributed by atoms with van der Waals surface area (Å²) in [6.45, 7) is 0.0748. The Morgan fingerprint density at radius 2 is 1.94 bits per heavy atom. The molecule has 0 saturated heterocycles. The van der Waals surface area contributed by atoms with Crippen LogP contribution in [0.3, 0.4) is 0 Å². The molecule has 0 aliphatic rings. The number of guanidine groups is 1. The molecule has 0 fully saturated rings. The van der Waals surface area contributed by atoms with Gasteiger partial charge in [-0.1, -0.05) is 24.3 Å². The van der Waals surface area contributed by atoms with Crippen LogP contribution < -0.4 is 15.4 Å². The van der Waals surface area contributed by atoms with E-state index in [1.807, 2.05) is 12.1 Å². The average Bonchev–Trinajstić information content (AvgIpc) is 3.24. The van der Waals surface area contributed by atoms with Gasteiger partial charge in [-0.05, 0) is 29.8 Å². The highest BCUT2D eigenvalue weighted by atomic mass is 32.2. The number of alkyl halides is 1. The highest BCUT2D eigenvalue weighted by molar-refractivity contribution is 7.89. The normalized spacial score (nSPS) is 12.2. The highest BCUT2D eigenvalue weighted by Crippen LogP contribution is 2.31. The molecule has 7 nitrogen and oxygen atoms in total. The molecule has 0 aliphatic heterocycles. The van der Waals surface area contributed by atoms with Gasteiger partial charge in [-0.15, -0.1) is 11.3 Å². The number of nitrogens with two attached hydrogens (primary N) is 1. The molecule has 3 aromatic rings. The number of para-hydroxylation sites is 1. The van der Waals surface area contributed by atoms with Crippen molar-refractivity contribution in [3.8, 4) is 10.4 Å². The van der Waals surface area contributed by atoms with Crippen LogP contribution in [0.4, 0.5) is 20.2 Å². The largest absolute Gasteiger partial charge is 0.369 e. The second-order valence-corrected chi connectivity index (χ2v) is 9.25. The van der Waals surface area contributed by atoms with Crippen molar-refractivity contribution in [1.82, 2.24) is 9.71 Å². The van der Waals surface area contributed by atoms with E-state index in [0.717, 1.165) is 15.4 Å². The second kappa shape index (κ2) is 9.94. The van der Waals surface area contributed by atoms with Crippen LogP contribution >= 0.6 is 11.3 Å². The summed E-state index contributed by atoms with van der Waals surface area (Å²) in [4.78, 5) is 10.7. The third kappa shape index (κ3) is 5.63. The molecule has 164 valence electrons. The standard InChI is InChI=1S/C20H21F2N5O2S2/c1-24-20(23)27(17-5-3-2-4-16(17)22)15-8-6-14(7-9-15)18-12-25-19(30-18)10-11-26-31(28,29)13-21/h2-9,12,26H,10-11,13H2,1H3,(H2,23,24). The SMILES string of the molecule is CN=C(N)N(c1ccc(-c2cnc(CCNS(=O)(=O)CF)s2)cc1)c1ccccc1F. The van der Waals surface area contributed by atoms with E-state index in [4.69, 9.17) is 5.73 Å². The van der Waals surface area contributed by atoms with Crippen LogP contribution in [-0.4, -0.2) is 39.0 Å². The van der Waals surface area contributed by atoms with Crippen molar-refractivity contribution < 1.29 is 17.2 Å². The summed E-state index contributed by atoms with van der Waals surface area (Å²) in [5, 5.41) is 0.718. The lowest BCUT2D eigenvalue weighted by atomic mass is 10.1. The number of aromatic nitrogens is 1. The van der Waals surface area contributed by atoms with Gasteiger partial charge in [-0.2, -0.15) is 0 Å². The van der Waals surface area contributed by atoms with Crippen molar-refractivity contribution in [2.45, 2.75) is 6.42 Å². The van der Waals surface area contributed by atoms with Crippen molar-refractivity contribution in [1.29, 1.82) is 0 Å². The maximum Gasteiger partial charge on any atom is 0.241 e. The molecular formula is C20H21F2N5O2S2. The van der Waals surface area contributed by atoms with Crippen LogP contribution in [0.2, 0.25) is 0 Å². The Bertz CT molecular complexity index is 1160. The summed E-state index contributed by atoms with van der Waals surface area (Å²) in [6, 6.07) is 12.2. The topological polar surface area (TPSA) is 101 Å². The Kier molecular flexibility index (Phi) is 7.31. The first kappa shape index (κ1) is 22.8. The van der Waals surface area contributed by atoms with E-state index < -0.39 is 21.8 Å². The molecule has 0 amide bonds. The van der Waals surface area contributed by atoms with Gasteiger partial charge in [0.25, 0.3) is 0 Å². The van der Waals surface area contributed by atoms with E-state index in [1.165, 1.54) is 29.4 Å². The van der Waals surface area contributed by atoms with Crippen LogP contribution in [0.15, 0.2) is 59.7 Å². The summed E-state index contributed by atoms with van der Waals surface area (Å²) in [6.07, 6.45) is 2.04. The Balaban J connectivity index is 1.78. The first-order valence-corrected chi connectivity index (χ1v) is 11.7. The van der Waals surface area contributed by atoms with Gasteiger partial charge in [0.1, 0.15) is 5.82 Å². The fraction of sp³-hybridized carbons (Fsp3) is 0.200. The van der Waals surface area contributed by atoms with Gasteiger partial charge in [0.15, 0.2) is 5.96 Å². The maximum absolute atomic E-state index is 14.3. The number of hydrogen-bond acceptors (Lipinski definition) is 5. The van der Waals surface area contributed by atoms with Gasteiger partial charge >= 0.3 is 0 Å². The number of sulfonamides is 1. The molecule has 3 N–H and O–H groups in total. The summed E-state index contributed by atoms with van der Waals surface area (Å²) in [5.41, 5.74) is 7.83. The molecule has 0 aliphatic carbocycles.